The maximum Gasteiger partial charge on any atom is 0.251 e. The predicted molar refractivity (Wildman–Crippen MR) is 162 cm³/mol. The Bertz CT molecular complexity index is 1410. The van der Waals surface area contributed by atoms with Crippen molar-refractivity contribution in [2.45, 2.75) is 57.0 Å². The fraction of sp³-hybridized carbons (Fsp3) is 0.278. The minimum atomic E-state index is -0.644. The van der Waals surface area contributed by atoms with E-state index in [4.69, 9.17) is 0 Å². The highest BCUT2D eigenvalue weighted by Gasteiger charge is 2.37. The lowest BCUT2D eigenvalue weighted by Gasteiger charge is -2.19. The Kier molecular flexibility index (Phi) is 9.58. The third-order valence-electron chi connectivity index (χ3n) is 7.97. The number of carbonyl (C=O) groups excluding carboxylic acids is 2. The lowest BCUT2D eigenvalue weighted by Crippen LogP contribution is -2.46. The molecule has 0 radical (unpaired) electrons. The molecule has 4 aromatic rings. The fourth-order valence-corrected chi connectivity index (χ4v) is 5.48. The van der Waals surface area contributed by atoms with Crippen LogP contribution in [0.15, 0.2) is 109 Å². The summed E-state index contributed by atoms with van der Waals surface area (Å²) >= 11 is 0. The average molecular weight is 549 g/mol. The van der Waals surface area contributed by atoms with Crippen LogP contribution >= 0.6 is 0 Å². The first kappa shape index (κ1) is 28.3. The monoisotopic (exact) mass is 548 g/mol. The van der Waals surface area contributed by atoms with Gasteiger partial charge in [-0.3, -0.25) is 9.59 Å². The van der Waals surface area contributed by atoms with Crippen molar-refractivity contribution in [3.8, 4) is 11.1 Å². The summed E-state index contributed by atoms with van der Waals surface area (Å²) in [6.07, 6.45) is 6.01. The van der Waals surface area contributed by atoms with E-state index in [0.717, 1.165) is 41.9 Å². The molecule has 0 aliphatic heterocycles. The number of rotatable bonds is 13. The second-order valence-corrected chi connectivity index (χ2v) is 11.0. The highest BCUT2D eigenvalue weighted by Crippen LogP contribution is 2.50. The van der Waals surface area contributed by atoms with E-state index in [9.17, 15) is 14.0 Å². The van der Waals surface area contributed by atoms with Crippen LogP contribution in [0.4, 0.5) is 4.39 Å². The van der Waals surface area contributed by atoms with Crippen molar-refractivity contribution in [3.63, 3.8) is 0 Å². The van der Waals surface area contributed by atoms with Gasteiger partial charge in [0.1, 0.15) is 11.9 Å². The summed E-state index contributed by atoms with van der Waals surface area (Å²) in [4.78, 5) is 26.3. The molecule has 3 atom stereocenters. The normalized spacial score (nSPS) is 16.5. The smallest absolute Gasteiger partial charge is 0.251 e. The van der Waals surface area contributed by atoms with Gasteiger partial charge in [-0.25, -0.2) is 4.39 Å². The van der Waals surface area contributed by atoms with Crippen LogP contribution in [-0.2, 0) is 11.3 Å². The largest absolute Gasteiger partial charge is 0.350 e. The number of hydrogen-bond donors (Lipinski definition) is 2. The van der Waals surface area contributed by atoms with E-state index in [1.807, 2.05) is 42.5 Å². The van der Waals surface area contributed by atoms with Gasteiger partial charge >= 0.3 is 0 Å². The van der Waals surface area contributed by atoms with Gasteiger partial charge in [0.25, 0.3) is 5.91 Å². The standard InChI is InChI=1S/C36H37FN2O2/c37-32-22-16-26(17-23-32)25-38-36(41)34(15-9-3-8-14-31-24-33(31)29-12-6-2-7-13-29)39-35(40)30-20-18-28(19-21-30)27-10-4-1-5-11-27/h1-2,4-7,10-13,16-23,31,33-34H,3,8-9,14-15,24-25H2,(H,38,41)(H,39,40)/t31?,33?,34-/m0/s1. The van der Waals surface area contributed by atoms with E-state index in [0.29, 0.717) is 17.9 Å². The van der Waals surface area contributed by atoms with Gasteiger partial charge in [0.05, 0.1) is 0 Å². The molecule has 4 nitrogen and oxygen atoms in total. The Hall–Kier alpha value is -4.25. The number of hydrogen-bond acceptors (Lipinski definition) is 2. The van der Waals surface area contributed by atoms with E-state index in [1.165, 1.54) is 30.5 Å². The number of carbonyl (C=O) groups is 2. The molecule has 4 aromatic carbocycles. The van der Waals surface area contributed by atoms with Crippen LogP contribution in [-0.4, -0.2) is 17.9 Å². The number of nitrogens with one attached hydrogen (secondary N) is 2. The number of unbranched alkanes of at least 4 members (excludes halogenated alkanes) is 2. The van der Waals surface area contributed by atoms with Crippen molar-refractivity contribution >= 4 is 11.8 Å². The summed E-state index contributed by atoms with van der Waals surface area (Å²) in [6, 6.07) is 33.6. The molecular weight excluding hydrogens is 511 g/mol. The molecule has 1 aliphatic carbocycles. The van der Waals surface area contributed by atoms with E-state index in [1.54, 1.807) is 24.3 Å². The topological polar surface area (TPSA) is 58.2 Å². The molecule has 0 saturated heterocycles. The first-order valence-electron chi connectivity index (χ1n) is 14.6. The van der Waals surface area contributed by atoms with Crippen LogP contribution < -0.4 is 10.6 Å². The van der Waals surface area contributed by atoms with Crippen LogP contribution in [0, 0.1) is 11.7 Å². The molecule has 5 heteroatoms. The molecule has 1 saturated carbocycles. The quantitative estimate of drug-likeness (QED) is 0.169. The van der Waals surface area contributed by atoms with Gasteiger partial charge in [0, 0.05) is 12.1 Å². The van der Waals surface area contributed by atoms with Gasteiger partial charge in [0.2, 0.25) is 5.91 Å². The molecule has 0 heterocycles. The number of halogens is 1. The minimum absolute atomic E-state index is 0.227. The molecule has 0 aromatic heterocycles. The van der Waals surface area contributed by atoms with Crippen molar-refractivity contribution in [1.29, 1.82) is 0 Å². The second kappa shape index (κ2) is 13.9. The molecular formula is C36H37FN2O2. The van der Waals surface area contributed by atoms with E-state index in [2.05, 4.69) is 41.0 Å². The average Bonchev–Trinajstić information content (AvgIpc) is 3.80. The molecule has 1 fully saturated rings. The zero-order valence-electron chi connectivity index (χ0n) is 23.3. The molecule has 0 spiro atoms. The summed E-state index contributed by atoms with van der Waals surface area (Å²) in [7, 11) is 0. The molecule has 5 rings (SSSR count). The van der Waals surface area contributed by atoms with Gasteiger partial charge < -0.3 is 10.6 Å². The highest BCUT2D eigenvalue weighted by molar-refractivity contribution is 5.97. The summed E-state index contributed by atoms with van der Waals surface area (Å²) < 4.78 is 13.3. The zero-order chi connectivity index (χ0) is 28.4. The van der Waals surface area contributed by atoms with Gasteiger partial charge in [-0.2, -0.15) is 0 Å². The molecule has 1 aliphatic rings. The van der Waals surface area contributed by atoms with Crippen LogP contribution in [0.25, 0.3) is 11.1 Å². The first-order valence-corrected chi connectivity index (χ1v) is 14.6. The Morgan fingerprint density at radius 1 is 0.756 bits per heavy atom. The number of amides is 2. The van der Waals surface area contributed by atoms with Crippen LogP contribution in [0.5, 0.6) is 0 Å². The highest BCUT2D eigenvalue weighted by atomic mass is 19.1. The lowest BCUT2D eigenvalue weighted by atomic mass is 10.0. The van der Waals surface area contributed by atoms with Crippen molar-refractivity contribution in [2.75, 3.05) is 0 Å². The predicted octanol–water partition coefficient (Wildman–Crippen LogP) is 7.66. The molecule has 2 unspecified atom stereocenters. The molecule has 210 valence electrons. The van der Waals surface area contributed by atoms with E-state index in [-0.39, 0.29) is 24.2 Å². The summed E-state index contributed by atoms with van der Waals surface area (Å²) in [5, 5.41) is 5.89. The first-order chi connectivity index (χ1) is 20.1. The summed E-state index contributed by atoms with van der Waals surface area (Å²) in [6.45, 7) is 0.278. The Labute approximate surface area is 242 Å². The van der Waals surface area contributed by atoms with Crippen molar-refractivity contribution in [2.24, 2.45) is 5.92 Å². The van der Waals surface area contributed by atoms with Gasteiger partial charge in [-0.1, -0.05) is 104 Å². The van der Waals surface area contributed by atoms with Crippen LogP contribution in [0.2, 0.25) is 0 Å². The van der Waals surface area contributed by atoms with Gasteiger partial charge in [-0.05, 0) is 77.6 Å². The molecule has 41 heavy (non-hydrogen) atoms. The van der Waals surface area contributed by atoms with Gasteiger partial charge in [-0.15, -0.1) is 0 Å². The lowest BCUT2D eigenvalue weighted by molar-refractivity contribution is -0.123. The van der Waals surface area contributed by atoms with E-state index < -0.39 is 6.04 Å². The summed E-state index contributed by atoms with van der Waals surface area (Å²) in [5.41, 5.74) is 4.87. The van der Waals surface area contributed by atoms with Crippen molar-refractivity contribution in [3.05, 3.63) is 132 Å². The summed E-state index contributed by atoms with van der Waals surface area (Å²) in [5.74, 6) is 0.634. The second-order valence-electron chi connectivity index (χ2n) is 11.0. The SMILES string of the molecule is O=C(N[C@@H](CCCCCC1CC1c1ccccc1)C(=O)NCc1ccc(F)cc1)c1ccc(-c2ccccc2)cc1. The molecule has 2 amide bonds. The zero-order valence-corrected chi connectivity index (χ0v) is 23.3. The maximum atomic E-state index is 13.3. The van der Waals surface area contributed by atoms with Crippen LogP contribution in [0.3, 0.4) is 0 Å². The van der Waals surface area contributed by atoms with Crippen molar-refractivity contribution < 1.29 is 14.0 Å². The third kappa shape index (κ3) is 8.14. The van der Waals surface area contributed by atoms with Gasteiger partial charge in [0.15, 0.2) is 0 Å². The fourth-order valence-electron chi connectivity index (χ4n) is 5.48. The molecule has 0 bridgehead atoms. The Morgan fingerprint density at radius 2 is 1.41 bits per heavy atom. The Morgan fingerprint density at radius 3 is 2.12 bits per heavy atom. The number of benzene rings is 4. The third-order valence-corrected chi connectivity index (χ3v) is 7.97. The molecule has 2 N–H and O–H groups in total. The minimum Gasteiger partial charge on any atom is -0.350 e. The Balaban J connectivity index is 1.14. The van der Waals surface area contributed by atoms with E-state index >= 15 is 0 Å². The van der Waals surface area contributed by atoms with Crippen molar-refractivity contribution in [1.82, 2.24) is 10.6 Å². The van der Waals surface area contributed by atoms with Crippen LogP contribution in [0.1, 0.15) is 65.9 Å². The maximum absolute atomic E-state index is 13.3.